The predicted molar refractivity (Wildman–Crippen MR) is 48.0 cm³/mol. The van der Waals surface area contributed by atoms with Gasteiger partial charge in [-0.2, -0.15) is 0 Å². The Hall–Kier alpha value is -0.700. The van der Waals surface area contributed by atoms with Crippen LogP contribution < -0.4 is 5.32 Å². The Labute approximate surface area is 73.4 Å². The third kappa shape index (κ3) is 1.09. The average Bonchev–Trinajstić information content (AvgIpc) is 2.34. The van der Waals surface area contributed by atoms with Crippen LogP contribution in [0.5, 0.6) is 5.75 Å². The molecule has 0 aliphatic carbocycles. The zero-order chi connectivity index (χ0) is 7.84. The minimum atomic E-state index is 0.340. The van der Waals surface area contributed by atoms with Crippen LogP contribution in [0.25, 0.3) is 0 Å². The first kappa shape index (κ1) is 6.98. The number of hydrogen-bond acceptors (Lipinski definition) is 2. The lowest BCUT2D eigenvalue weighted by Crippen LogP contribution is -1.91. The van der Waals surface area contributed by atoms with Crippen LogP contribution >= 0.6 is 15.9 Å². The summed E-state index contributed by atoms with van der Waals surface area (Å²) in [6, 6.07) is 3.74. The number of phenolic OH excluding ortho intramolecular Hbond substituents is 1. The topological polar surface area (TPSA) is 32.3 Å². The molecule has 1 aliphatic heterocycles. The van der Waals surface area contributed by atoms with Crippen molar-refractivity contribution in [2.45, 2.75) is 6.42 Å². The third-order valence-electron chi connectivity index (χ3n) is 1.86. The van der Waals surface area contributed by atoms with Gasteiger partial charge in [0.1, 0.15) is 5.75 Å². The molecule has 0 saturated carbocycles. The zero-order valence-electron chi connectivity index (χ0n) is 5.89. The maximum atomic E-state index is 9.42. The summed E-state index contributed by atoms with van der Waals surface area (Å²) in [6.45, 7) is 0.930. The van der Waals surface area contributed by atoms with Crippen LogP contribution in [0.4, 0.5) is 5.69 Å². The fourth-order valence-electron chi connectivity index (χ4n) is 1.37. The van der Waals surface area contributed by atoms with Crippen molar-refractivity contribution in [3.63, 3.8) is 0 Å². The number of nitrogens with one attached hydrogen (secondary N) is 1. The van der Waals surface area contributed by atoms with E-state index in [0.717, 1.165) is 23.1 Å². The van der Waals surface area contributed by atoms with Crippen molar-refractivity contribution in [1.29, 1.82) is 0 Å². The van der Waals surface area contributed by atoms with E-state index >= 15 is 0 Å². The summed E-state index contributed by atoms with van der Waals surface area (Å²) in [5, 5.41) is 12.5. The first-order chi connectivity index (χ1) is 5.27. The van der Waals surface area contributed by atoms with Crippen LogP contribution in [-0.4, -0.2) is 11.7 Å². The summed E-state index contributed by atoms with van der Waals surface area (Å²) < 4.78 is 0.942. The molecule has 0 aromatic heterocycles. The monoisotopic (exact) mass is 213 g/mol. The van der Waals surface area contributed by atoms with Crippen molar-refractivity contribution in [3.8, 4) is 5.75 Å². The van der Waals surface area contributed by atoms with E-state index in [1.54, 1.807) is 6.07 Å². The SMILES string of the molecule is Oc1cc(Br)cc2c1NCC2. The van der Waals surface area contributed by atoms with Crippen molar-refractivity contribution in [1.82, 2.24) is 0 Å². The molecule has 0 spiro atoms. The first-order valence-electron chi connectivity index (χ1n) is 3.52. The molecular weight excluding hydrogens is 206 g/mol. The second-order valence-electron chi connectivity index (χ2n) is 2.64. The molecule has 0 atom stereocenters. The fraction of sp³-hybridized carbons (Fsp3) is 0.250. The Kier molecular flexibility index (Phi) is 1.53. The Balaban J connectivity index is 2.60. The lowest BCUT2D eigenvalue weighted by atomic mass is 10.1. The van der Waals surface area contributed by atoms with Gasteiger partial charge in [-0.1, -0.05) is 15.9 Å². The van der Waals surface area contributed by atoms with Crippen LogP contribution in [-0.2, 0) is 6.42 Å². The maximum absolute atomic E-state index is 9.42. The Morgan fingerprint density at radius 2 is 2.27 bits per heavy atom. The molecule has 0 amide bonds. The molecular formula is C8H8BrNO. The first-order valence-corrected chi connectivity index (χ1v) is 4.32. The number of hydrogen-bond donors (Lipinski definition) is 2. The van der Waals surface area contributed by atoms with Crippen molar-refractivity contribution >= 4 is 21.6 Å². The van der Waals surface area contributed by atoms with Gasteiger partial charge < -0.3 is 10.4 Å². The summed E-state index contributed by atoms with van der Waals surface area (Å²) in [5.74, 6) is 0.340. The molecule has 1 aromatic rings. The minimum absolute atomic E-state index is 0.340. The smallest absolute Gasteiger partial charge is 0.140 e. The van der Waals surface area contributed by atoms with Gasteiger partial charge in [0.15, 0.2) is 0 Å². The van der Waals surface area contributed by atoms with Gasteiger partial charge in [-0.15, -0.1) is 0 Å². The summed E-state index contributed by atoms with van der Waals surface area (Å²) in [7, 11) is 0. The third-order valence-corrected chi connectivity index (χ3v) is 2.32. The molecule has 0 unspecified atom stereocenters. The van der Waals surface area contributed by atoms with Crippen LogP contribution in [0.2, 0.25) is 0 Å². The molecule has 2 N–H and O–H groups in total. The second-order valence-corrected chi connectivity index (χ2v) is 3.55. The van der Waals surface area contributed by atoms with E-state index in [1.807, 2.05) is 6.07 Å². The van der Waals surface area contributed by atoms with E-state index in [-0.39, 0.29) is 0 Å². The number of anilines is 1. The van der Waals surface area contributed by atoms with E-state index in [2.05, 4.69) is 21.2 Å². The van der Waals surface area contributed by atoms with Crippen molar-refractivity contribution in [2.75, 3.05) is 11.9 Å². The highest BCUT2D eigenvalue weighted by Crippen LogP contribution is 2.34. The average molecular weight is 214 g/mol. The highest BCUT2D eigenvalue weighted by atomic mass is 79.9. The maximum Gasteiger partial charge on any atom is 0.140 e. The Bertz CT molecular complexity index is 298. The highest BCUT2D eigenvalue weighted by Gasteiger charge is 2.13. The largest absolute Gasteiger partial charge is 0.506 e. The molecule has 0 fully saturated rings. The van der Waals surface area contributed by atoms with E-state index in [4.69, 9.17) is 0 Å². The summed E-state index contributed by atoms with van der Waals surface area (Å²) in [5.41, 5.74) is 2.09. The molecule has 0 radical (unpaired) electrons. The Morgan fingerprint density at radius 1 is 1.45 bits per heavy atom. The lowest BCUT2D eigenvalue weighted by molar-refractivity contribution is 0.477. The van der Waals surface area contributed by atoms with Gasteiger partial charge in [0, 0.05) is 11.0 Å². The fourth-order valence-corrected chi connectivity index (χ4v) is 1.86. The van der Waals surface area contributed by atoms with Crippen molar-refractivity contribution < 1.29 is 5.11 Å². The normalized spacial score (nSPS) is 14.3. The molecule has 2 rings (SSSR count). The van der Waals surface area contributed by atoms with E-state index in [0.29, 0.717) is 5.75 Å². The van der Waals surface area contributed by atoms with E-state index in [1.165, 1.54) is 5.56 Å². The highest BCUT2D eigenvalue weighted by molar-refractivity contribution is 9.10. The minimum Gasteiger partial charge on any atom is -0.506 e. The molecule has 1 aliphatic rings. The quantitative estimate of drug-likeness (QED) is 0.648. The molecule has 2 nitrogen and oxygen atoms in total. The molecule has 11 heavy (non-hydrogen) atoms. The van der Waals surface area contributed by atoms with Crippen LogP contribution in [0.15, 0.2) is 16.6 Å². The Morgan fingerprint density at radius 3 is 3.09 bits per heavy atom. The molecule has 3 heteroatoms. The molecule has 0 bridgehead atoms. The van der Waals surface area contributed by atoms with Gasteiger partial charge in [-0.25, -0.2) is 0 Å². The van der Waals surface area contributed by atoms with E-state index < -0.39 is 0 Å². The van der Waals surface area contributed by atoms with Gasteiger partial charge in [-0.05, 0) is 24.1 Å². The summed E-state index contributed by atoms with van der Waals surface area (Å²) in [6.07, 6.45) is 1.00. The standard InChI is InChI=1S/C8H8BrNO/c9-6-3-5-1-2-10-8(5)7(11)4-6/h3-4,10-11H,1-2H2. The summed E-state index contributed by atoms with van der Waals surface area (Å²) >= 11 is 3.33. The zero-order valence-corrected chi connectivity index (χ0v) is 7.48. The molecule has 0 saturated heterocycles. The number of halogens is 1. The number of fused-ring (bicyclic) bond motifs is 1. The lowest BCUT2D eigenvalue weighted by Gasteiger charge is -2.02. The van der Waals surface area contributed by atoms with Gasteiger partial charge in [-0.3, -0.25) is 0 Å². The number of rotatable bonds is 0. The van der Waals surface area contributed by atoms with Crippen molar-refractivity contribution in [2.24, 2.45) is 0 Å². The number of benzene rings is 1. The molecule has 58 valence electrons. The van der Waals surface area contributed by atoms with Crippen molar-refractivity contribution in [3.05, 3.63) is 22.2 Å². The predicted octanol–water partition coefficient (Wildman–Crippen LogP) is 2.12. The number of phenols is 1. The van der Waals surface area contributed by atoms with Gasteiger partial charge >= 0.3 is 0 Å². The van der Waals surface area contributed by atoms with E-state index in [9.17, 15) is 5.11 Å². The number of aromatic hydroxyl groups is 1. The summed E-state index contributed by atoms with van der Waals surface area (Å²) in [4.78, 5) is 0. The van der Waals surface area contributed by atoms with Crippen LogP contribution in [0, 0.1) is 0 Å². The van der Waals surface area contributed by atoms with Crippen LogP contribution in [0.3, 0.4) is 0 Å². The van der Waals surface area contributed by atoms with Gasteiger partial charge in [0.2, 0.25) is 0 Å². The molecule has 1 heterocycles. The van der Waals surface area contributed by atoms with Crippen LogP contribution in [0.1, 0.15) is 5.56 Å². The second kappa shape index (κ2) is 2.41. The molecule has 1 aromatic carbocycles. The van der Waals surface area contributed by atoms with Gasteiger partial charge in [0.05, 0.1) is 5.69 Å². The van der Waals surface area contributed by atoms with Gasteiger partial charge in [0.25, 0.3) is 0 Å².